The molecule has 3 aromatic carbocycles. The fourth-order valence-corrected chi connectivity index (χ4v) is 3.76. The Morgan fingerprint density at radius 2 is 1.33 bits per heavy atom. The zero-order valence-corrected chi connectivity index (χ0v) is 20.0. The van der Waals surface area contributed by atoms with Crippen molar-refractivity contribution < 1.29 is 26.2 Å². The zero-order valence-electron chi connectivity index (χ0n) is 17.8. The molecule has 5 rings (SSSR count). The standard InChI is InChI=1S/C29H21N2O.Pt/c32-29-19-22(18-21-8-2-1-3-9-21)15-16-25(29)28-14-7-13-27(31-28)24-11-6-10-23(20-24)26-12-4-5-17-30-26;/h1-17,19,32H,18H2;/q-1;. The van der Waals surface area contributed by atoms with Gasteiger partial charge in [-0.3, -0.25) is 9.97 Å². The monoisotopic (exact) mass is 608 g/mol. The Kier molecular flexibility index (Phi) is 7.12. The quantitative estimate of drug-likeness (QED) is 0.230. The molecule has 0 atom stereocenters. The molecule has 33 heavy (non-hydrogen) atoms. The predicted molar refractivity (Wildman–Crippen MR) is 128 cm³/mol. The first-order chi connectivity index (χ1) is 15.8. The van der Waals surface area contributed by atoms with Gasteiger partial charge in [-0.15, -0.1) is 24.3 Å². The van der Waals surface area contributed by atoms with Crippen LogP contribution in [0, 0.1) is 6.07 Å². The molecule has 4 heteroatoms. The summed E-state index contributed by atoms with van der Waals surface area (Å²) in [6.45, 7) is 0. The number of pyridine rings is 2. The molecule has 0 amide bonds. The first-order valence-electron chi connectivity index (χ1n) is 10.5. The molecular weight excluding hydrogens is 587 g/mol. The molecule has 0 aliphatic heterocycles. The van der Waals surface area contributed by atoms with E-state index in [9.17, 15) is 5.11 Å². The van der Waals surface area contributed by atoms with Gasteiger partial charge in [-0.2, -0.15) is 0 Å². The van der Waals surface area contributed by atoms with Crippen LogP contribution in [-0.4, -0.2) is 15.1 Å². The van der Waals surface area contributed by atoms with E-state index in [4.69, 9.17) is 4.98 Å². The van der Waals surface area contributed by atoms with Crippen molar-refractivity contribution in [1.29, 1.82) is 0 Å². The van der Waals surface area contributed by atoms with Gasteiger partial charge in [0.05, 0.1) is 5.69 Å². The van der Waals surface area contributed by atoms with Crippen LogP contribution in [0.4, 0.5) is 0 Å². The average Bonchev–Trinajstić information content (AvgIpc) is 2.85. The van der Waals surface area contributed by atoms with Crippen LogP contribution < -0.4 is 0 Å². The minimum absolute atomic E-state index is 0. The first kappa shape index (κ1) is 22.6. The fraction of sp³-hybridized carbons (Fsp3) is 0.0345. The van der Waals surface area contributed by atoms with Crippen LogP contribution >= 0.6 is 0 Å². The van der Waals surface area contributed by atoms with E-state index < -0.39 is 0 Å². The number of hydrogen-bond acceptors (Lipinski definition) is 3. The normalized spacial score (nSPS) is 10.4. The van der Waals surface area contributed by atoms with Crippen molar-refractivity contribution in [3.05, 3.63) is 127 Å². The van der Waals surface area contributed by atoms with Gasteiger partial charge in [0.1, 0.15) is 5.75 Å². The summed E-state index contributed by atoms with van der Waals surface area (Å²) in [5.74, 6) is 0.231. The number of hydrogen-bond donors (Lipinski definition) is 1. The van der Waals surface area contributed by atoms with E-state index in [1.807, 2.05) is 91.0 Å². The van der Waals surface area contributed by atoms with Crippen molar-refractivity contribution in [2.45, 2.75) is 6.42 Å². The first-order valence-corrected chi connectivity index (χ1v) is 10.5. The van der Waals surface area contributed by atoms with E-state index in [2.05, 4.69) is 23.2 Å². The van der Waals surface area contributed by atoms with Crippen LogP contribution in [0.2, 0.25) is 0 Å². The van der Waals surface area contributed by atoms with Crippen molar-refractivity contribution in [2.24, 2.45) is 0 Å². The third-order valence-electron chi connectivity index (χ3n) is 5.35. The zero-order chi connectivity index (χ0) is 21.8. The summed E-state index contributed by atoms with van der Waals surface area (Å²) in [5, 5.41) is 10.7. The van der Waals surface area contributed by atoms with Gasteiger partial charge in [-0.05, 0) is 41.8 Å². The van der Waals surface area contributed by atoms with Crippen LogP contribution in [0.3, 0.4) is 0 Å². The van der Waals surface area contributed by atoms with Gasteiger partial charge < -0.3 is 5.11 Å². The SMILES string of the molecule is Oc1cc(Cc2ccccc2)ccc1-c1cccc(-c2[c-]c(-c3ccccn3)ccc2)n1.[Pt]. The molecule has 0 aliphatic rings. The number of aromatic nitrogens is 2. The Morgan fingerprint density at radius 3 is 2.09 bits per heavy atom. The molecule has 164 valence electrons. The summed E-state index contributed by atoms with van der Waals surface area (Å²) in [6, 6.07) is 37.1. The molecule has 0 saturated carbocycles. The summed E-state index contributed by atoms with van der Waals surface area (Å²) >= 11 is 0. The van der Waals surface area contributed by atoms with E-state index in [-0.39, 0.29) is 26.8 Å². The number of benzene rings is 3. The second kappa shape index (κ2) is 10.4. The maximum atomic E-state index is 10.7. The van der Waals surface area contributed by atoms with Crippen molar-refractivity contribution in [3.63, 3.8) is 0 Å². The van der Waals surface area contributed by atoms with Crippen LogP contribution in [-0.2, 0) is 27.5 Å². The Hall–Kier alpha value is -3.55. The Balaban J connectivity index is 0.00000259. The van der Waals surface area contributed by atoms with Crippen LogP contribution in [0.15, 0.2) is 109 Å². The summed E-state index contributed by atoms with van der Waals surface area (Å²) in [7, 11) is 0. The summed E-state index contributed by atoms with van der Waals surface area (Å²) in [5.41, 5.74) is 7.18. The summed E-state index contributed by atoms with van der Waals surface area (Å²) in [6.07, 6.45) is 2.55. The van der Waals surface area contributed by atoms with Crippen molar-refractivity contribution in [2.75, 3.05) is 0 Å². The molecule has 3 nitrogen and oxygen atoms in total. The third kappa shape index (κ3) is 5.27. The van der Waals surface area contributed by atoms with Gasteiger partial charge in [-0.25, -0.2) is 0 Å². The Morgan fingerprint density at radius 1 is 0.636 bits per heavy atom. The Labute approximate surface area is 208 Å². The molecule has 0 unspecified atom stereocenters. The van der Waals surface area contributed by atoms with Crippen LogP contribution in [0.25, 0.3) is 33.8 Å². The third-order valence-corrected chi connectivity index (χ3v) is 5.35. The maximum absolute atomic E-state index is 10.7. The van der Waals surface area contributed by atoms with Gasteiger partial charge in [-0.1, -0.05) is 71.8 Å². The molecule has 0 radical (unpaired) electrons. The molecule has 1 N–H and O–H groups in total. The van der Waals surface area contributed by atoms with Crippen LogP contribution in [0.1, 0.15) is 11.1 Å². The molecule has 0 aliphatic carbocycles. The average molecular weight is 609 g/mol. The number of phenols is 1. The van der Waals surface area contributed by atoms with Crippen molar-refractivity contribution >= 4 is 0 Å². The van der Waals surface area contributed by atoms with Crippen LogP contribution in [0.5, 0.6) is 5.75 Å². The topological polar surface area (TPSA) is 46.0 Å². The Bertz CT molecular complexity index is 1350. The van der Waals surface area contributed by atoms with E-state index in [0.29, 0.717) is 5.56 Å². The molecule has 2 aromatic heterocycles. The number of aromatic hydroxyl groups is 1. The minimum Gasteiger partial charge on any atom is -0.507 e. The molecule has 0 bridgehead atoms. The number of phenolic OH excluding ortho intramolecular Hbond substituents is 1. The van der Waals surface area contributed by atoms with Gasteiger partial charge >= 0.3 is 0 Å². The second-order valence-corrected chi connectivity index (χ2v) is 7.62. The minimum atomic E-state index is 0. The molecule has 0 fully saturated rings. The van der Waals surface area contributed by atoms with Gasteiger partial charge in [0.25, 0.3) is 0 Å². The number of rotatable bonds is 5. The largest absolute Gasteiger partial charge is 0.507 e. The summed E-state index contributed by atoms with van der Waals surface area (Å²) in [4.78, 5) is 9.22. The molecule has 2 heterocycles. The molecular formula is C29H21N2OPt-. The van der Waals surface area contributed by atoms with E-state index >= 15 is 0 Å². The molecule has 5 aromatic rings. The fourth-order valence-electron chi connectivity index (χ4n) is 3.76. The maximum Gasteiger partial charge on any atom is 0.125 e. The second-order valence-electron chi connectivity index (χ2n) is 7.62. The van der Waals surface area contributed by atoms with E-state index in [1.54, 1.807) is 6.20 Å². The molecule has 0 saturated heterocycles. The molecule has 0 spiro atoms. The van der Waals surface area contributed by atoms with Crippen molar-refractivity contribution in [3.8, 4) is 39.5 Å². The smallest absolute Gasteiger partial charge is 0.125 e. The predicted octanol–water partition coefficient (Wildman–Crippen LogP) is 6.57. The van der Waals surface area contributed by atoms with E-state index in [0.717, 1.165) is 40.2 Å². The van der Waals surface area contributed by atoms with Gasteiger partial charge in [0, 0.05) is 44.2 Å². The van der Waals surface area contributed by atoms with E-state index in [1.165, 1.54) is 5.56 Å². The van der Waals surface area contributed by atoms with Gasteiger partial charge in [0.15, 0.2) is 0 Å². The summed E-state index contributed by atoms with van der Waals surface area (Å²) < 4.78 is 0. The van der Waals surface area contributed by atoms with Crippen molar-refractivity contribution in [1.82, 2.24) is 9.97 Å². The number of nitrogens with zero attached hydrogens (tertiary/aromatic N) is 2. The van der Waals surface area contributed by atoms with Gasteiger partial charge in [0.2, 0.25) is 0 Å².